The molecular formula is C15H25N2O+. The molecule has 1 amide bonds. The van der Waals surface area contributed by atoms with Crippen LogP contribution >= 0.6 is 0 Å². The van der Waals surface area contributed by atoms with Crippen molar-refractivity contribution in [3.8, 4) is 0 Å². The van der Waals surface area contributed by atoms with Gasteiger partial charge in [0.05, 0.1) is 33.1 Å². The van der Waals surface area contributed by atoms with E-state index >= 15 is 0 Å². The quantitative estimate of drug-likeness (QED) is 0.764. The fraction of sp³-hybridized carbons (Fsp3) is 0.533. The topological polar surface area (TPSA) is 33.5 Å². The Bertz CT molecular complexity index is 360. The molecule has 0 unspecified atom stereocenters. The maximum atomic E-state index is 12.2. The highest BCUT2D eigenvalue weighted by atomic mass is 16.1. The summed E-state index contributed by atoms with van der Waals surface area (Å²) in [5.41, 5.74) is 1.10. The molecule has 0 saturated heterocycles. The van der Waals surface area contributed by atoms with Gasteiger partial charge >= 0.3 is 0 Å². The lowest BCUT2D eigenvalue weighted by atomic mass is 9.88. The zero-order valence-corrected chi connectivity index (χ0v) is 11.9. The van der Waals surface area contributed by atoms with Crippen LogP contribution in [0.2, 0.25) is 0 Å². The molecule has 0 saturated carbocycles. The molecule has 0 heterocycles. The molecule has 1 rings (SSSR count). The zero-order valence-electron chi connectivity index (χ0n) is 11.9. The molecule has 0 aliphatic carbocycles. The molecule has 1 aromatic carbocycles. The molecular weight excluding hydrogens is 224 g/mol. The maximum Gasteiger partial charge on any atom is 0.228 e. The summed E-state index contributed by atoms with van der Waals surface area (Å²) in [6, 6.07) is 10.0. The molecule has 0 bridgehead atoms. The first-order valence-electron chi connectivity index (χ1n) is 6.64. The Kier molecular flexibility index (Phi) is 5.86. The normalized spacial score (nSPS) is 12.8. The molecule has 1 atom stereocenters. The van der Waals surface area contributed by atoms with E-state index in [1.807, 2.05) is 30.3 Å². The van der Waals surface area contributed by atoms with Crippen LogP contribution in [0.15, 0.2) is 30.3 Å². The lowest BCUT2D eigenvalue weighted by molar-refractivity contribution is -0.856. The van der Waals surface area contributed by atoms with Gasteiger partial charge in [0.1, 0.15) is 0 Å². The van der Waals surface area contributed by atoms with Crippen LogP contribution in [0.3, 0.4) is 0 Å². The van der Waals surface area contributed by atoms with E-state index in [-0.39, 0.29) is 11.8 Å². The predicted molar refractivity (Wildman–Crippen MR) is 74.7 cm³/mol. The number of likely N-dealkylation sites (N-methyl/N-ethyl adjacent to an activating group) is 1. The molecule has 0 fully saturated rings. The molecule has 0 spiro atoms. The Balaban J connectivity index is 2.65. The first-order valence-corrected chi connectivity index (χ1v) is 6.64. The monoisotopic (exact) mass is 249 g/mol. The van der Waals surface area contributed by atoms with Crippen molar-refractivity contribution in [2.45, 2.75) is 19.8 Å². The molecule has 0 aliphatic rings. The maximum absolute atomic E-state index is 12.2. The summed E-state index contributed by atoms with van der Waals surface area (Å²) in [7, 11) is 4.17. The van der Waals surface area contributed by atoms with Crippen molar-refractivity contribution in [3.63, 3.8) is 0 Å². The van der Waals surface area contributed by atoms with Crippen LogP contribution in [0, 0.1) is 5.92 Å². The second-order valence-electron chi connectivity index (χ2n) is 5.38. The van der Waals surface area contributed by atoms with E-state index in [9.17, 15) is 4.79 Å². The van der Waals surface area contributed by atoms with E-state index in [2.05, 4.69) is 33.3 Å². The van der Waals surface area contributed by atoms with Crippen molar-refractivity contribution in [1.82, 2.24) is 5.32 Å². The van der Waals surface area contributed by atoms with Crippen molar-refractivity contribution in [1.29, 1.82) is 0 Å². The van der Waals surface area contributed by atoms with Gasteiger partial charge in [0, 0.05) is 0 Å². The smallest absolute Gasteiger partial charge is 0.228 e. The molecule has 3 heteroatoms. The van der Waals surface area contributed by atoms with Crippen molar-refractivity contribution in [2.75, 3.05) is 27.2 Å². The number of hydrogen-bond acceptors (Lipinski definition) is 1. The van der Waals surface area contributed by atoms with Crippen LogP contribution in [0.5, 0.6) is 0 Å². The summed E-state index contributed by atoms with van der Waals surface area (Å²) < 4.78 is 0. The number of rotatable bonds is 6. The SMILES string of the molecule is CC(C)[C@H](C(=O)NCC[NH+](C)C)c1ccccc1. The van der Waals surface area contributed by atoms with Gasteiger partial charge in [-0.3, -0.25) is 4.79 Å². The summed E-state index contributed by atoms with van der Waals surface area (Å²) in [5.74, 6) is 0.389. The summed E-state index contributed by atoms with van der Waals surface area (Å²) in [6.07, 6.45) is 0. The molecule has 3 nitrogen and oxygen atoms in total. The van der Waals surface area contributed by atoms with E-state index in [0.717, 1.165) is 18.7 Å². The molecule has 1 aromatic rings. The summed E-state index contributed by atoms with van der Waals surface area (Å²) >= 11 is 0. The van der Waals surface area contributed by atoms with E-state index in [1.165, 1.54) is 4.90 Å². The summed E-state index contributed by atoms with van der Waals surface area (Å²) in [6.45, 7) is 5.87. The van der Waals surface area contributed by atoms with E-state index < -0.39 is 0 Å². The van der Waals surface area contributed by atoms with Crippen LogP contribution in [0.1, 0.15) is 25.3 Å². The fourth-order valence-corrected chi connectivity index (χ4v) is 2.05. The van der Waals surface area contributed by atoms with Gasteiger partial charge in [0.2, 0.25) is 5.91 Å². The lowest BCUT2D eigenvalue weighted by Crippen LogP contribution is -3.06. The van der Waals surface area contributed by atoms with Gasteiger partial charge in [-0.25, -0.2) is 0 Å². The third-order valence-corrected chi connectivity index (χ3v) is 3.03. The second-order valence-corrected chi connectivity index (χ2v) is 5.38. The lowest BCUT2D eigenvalue weighted by Gasteiger charge is -2.21. The largest absolute Gasteiger partial charge is 0.350 e. The van der Waals surface area contributed by atoms with Crippen LogP contribution in [-0.4, -0.2) is 33.1 Å². The third-order valence-electron chi connectivity index (χ3n) is 3.03. The number of nitrogens with one attached hydrogen (secondary N) is 2. The molecule has 0 aliphatic heterocycles. The van der Waals surface area contributed by atoms with Gasteiger partial charge in [0.25, 0.3) is 0 Å². The van der Waals surface area contributed by atoms with E-state index in [4.69, 9.17) is 0 Å². The summed E-state index contributed by atoms with van der Waals surface area (Å²) in [4.78, 5) is 13.6. The van der Waals surface area contributed by atoms with Crippen molar-refractivity contribution >= 4 is 5.91 Å². The van der Waals surface area contributed by atoms with Gasteiger partial charge in [-0.05, 0) is 11.5 Å². The molecule has 18 heavy (non-hydrogen) atoms. The highest BCUT2D eigenvalue weighted by molar-refractivity contribution is 5.83. The Morgan fingerprint density at radius 1 is 1.22 bits per heavy atom. The van der Waals surface area contributed by atoms with E-state index in [1.54, 1.807) is 0 Å². The average Bonchev–Trinajstić information content (AvgIpc) is 2.29. The second kappa shape index (κ2) is 7.17. The van der Waals surface area contributed by atoms with Crippen LogP contribution in [-0.2, 0) is 4.79 Å². The van der Waals surface area contributed by atoms with Crippen LogP contribution < -0.4 is 10.2 Å². The van der Waals surface area contributed by atoms with Crippen molar-refractivity contribution in [3.05, 3.63) is 35.9 Å². The van der Waals surface area contributed by atoms with E-state index in [0.29, 0.717) is 5.92 Å². The molecule has 0 radical (unpaired) electrons. The number of carbonyl (C=O) groups excluding carboxylic acids is 1. The fourth-order valence-electron chi connectivity index (χ4n) is 2.05. The summed E-state index contributed by atoms with van der Waals surface area (Å²) in [5, 5.41) is 3.03. The van der Waals surface area contributed by atoms with Crippen LogP contribution in [0.25, 0.3) is 0 Å². The number of amides is 1. The van der Waals surface area contributed by atoms with Gasteiger partial charge in [-0.15, -0.1) is 0 Å². The molecule has 2 N–H and O–H groups in total. The first-order chi connectivity index (χ1) is 8.52. The first kappa shape index (κ1) is 14.7. The Morgan fingerprint density at radius 3 is 2.33 bits per heavy atom. The minimum Gasteiger partial charge on any atom is -0.350 e. The molecule has 100 valence electrons. The number of hydrogen-bond donors (Lipinski definition) is 2. The van der Waals surface area contributed by atoms with Crippen LogP contribution in [0.4, 0.5) is 0 Å². The highest BCUT2D eigenvalue weighted by Gasteiger charge is 2.23. The predicted octanol–water partition coefficient (Wildman–Crippen LogP) is 0.687. The third kappa shape index (κ3) is 4.49. The Morgan fingerprint density at radius 2 is 1.83 bits per heavy atom. The Labute approximate surface area is 110 Å². The Hall–Kier alpha value is -1.35. The minimum absolute atomic E-state index is 0.0524. The highest BCUT2D eigenvalue weighted by Crippen LogP contribution is 2.24. The van der Waals surface area contributed by atoms with Gasteiger partial charge < -0.3 is 10.2 Å². The number of quaternary nitrogens is 1. The zero-order chi connectivity index (χ0) is 13.5. The van der Waals surface area contributed by atoms with Gasteiger partial charge in [-0.2, -0.15) is 0 Å². The molecule has 0 aromatic heterocycles. The number of benzene rings is 1. The standard InChI is InChI=1S/C15H24N2O/c1-12(2)14(13-8-6-5-7-9-13)15(18)16-10-11-17(3)4/h5-9,12,14H,10-11H2,1-4H3,(H,16,18)/p+1/t14-/m0/s1. The van der Waals surface area contributed by atoms with Crippen molar-refractivity contribution < 1.29 is 9.69 Å². The van der Waals surface area contributed by atoms with Gasteiger partial charge in [-0.1, -0.05) is 44.2 Å². The van der Waals surface area contributed by atoms with Gasteiger partial charge in [0.15, 0.2) is 0 Å². The number of carbonyl (C=O) groups is 1. The minimum atomic E-state index is -0.0524. The average molecular weight is 249 g/mol. The van der Waals surface area contributed by atoms with Crippen molar-refractivity contribution in [2.24, 2.45) is 5.92 Å².